The fourth-order valence-electron chi connectivity index (χ4n) is 2.11. The van der Waals surface area contributed by atoms with Crippen LogP contribution in [0.1, 0.15) is 0 Å². The Morgan fingerprint density at radius 2 is 2.00 bits per heavy atom. The van der Waals surface area contributed by atoms with Crippen LogP contribution in [-0.4, -0.2) is 29.0 Å². The summed E-state index contributed by atoms with van der Waals surface area (Å²) in [4.78, 5) is 16.2. The number of hydrogen-bond acceptors (Lipinski definition) is 4. The molecule has 22 heavy (non-hydrogen) atoms. The van der Waals surface area contributed by atoms with Gasteiger partial charge in [0.05, 0.1) is 12.8 Å². The molecule has 3 rings (SSSR count). The fourth-order valence-corrected chi connectivity index (χ4v) is 2.11. The maximum Gasteiger partial charge on any atom is 0.262 e. The van der Waals surface area contributed by atoms with Crippen molar-refractivity contribution in [2.75, 3.05) is 19.0 Å². The number of carbonyl (C=O) groups is 1. The van der Waals surface area contributed by atoms with Crippen molar-refractivity contribution in [1.82, 2.24) is 9.38 Å². The number of hydrogen-bond donors (Lipinski definition) is 1. The third-order valence-electron chi connectivity index (χ3n) is 3.12. The highest BCUT2D eigenvalue weighted by molar-refractivity contribution is 5.95. The van der Waals surface area contributed by atoms with E-state index in [1.807, 2.05) is 35.0 Å². The van der Waals surface area contributed by atoms with Crippen molar-refractivity contribution in [2.45, 2.75) is 0 Å². The highest BCUT2D eigenvalue weighted by Crippen LogP contribution is 2.25. The smallest absolute Gasteiger partial charge is 0.262 e. The number of fused-ring (bicyclic) bond motifs is 1. The van der Waals surface area contributed by atoms with Crippen molar-refractivity contribution in [3.63, 3.8) is 0 Å². The number of aromatic nitrogens is 2. The second kappa shape index (κ2) is 6.17. The van der Waals surface area contributed by atoms with Crippen molar-refractivity contribution in [1.29, 1.82) is 0 Å². The van der Waals surface area contributed by atoms with Gasteiger partial charge in [-0.25, -0.2) is 4.98 Å². The molecule has 3 aromatic rings. The molecule has 6 nitrogen and oxygen atoms in total. The molecule has 0 aliphatic carbocycles. The van der Waals surface area contributed by atoms with E-state index >= 15 is 0 Å². The van der Waals surface area contributed by atoms with Gasteiger partial charge in [-0.05, 0) is 24.3 Å². The van der Waals surface area contributed by atoms with E-state index in [1.165, 1.54) is 0 Å². The van der Waals surface area contributed by atoms with Gasteiger partial charge in [0.25, 0.3) is 5.91 Å². The first-order chi connectivity index (χ1) is 10.8. The number of anilines is 1. The lowest BCUT2D eigenvalue weighted by Crippen LogP contribution is -2.20. The van der Waals surface area contributed by atoms with Gasteiger partial charge in [0, 0.05) is 18.6 Å². The minimum atomic E-state index is -0.262. The van der Waals surface area contributed by atoms with Crippen LogP contribution in [0.5, 0.6) is 11.5 Å². The maximum atomic E-state index is 12.0. The third-order valence-corrected chi connectivity index (χ3v) is 3.12. The number of amides is 1. The van der Waals surface area contributed by atoms with Crippen molar-refractivity contribution >= 4 is 17.2 Å². The van der Waals surface area contributed by atoms with E-state index in [0.717, 1.165) is 0 Å². The molecule has 0 aliphatic heterocycles. The number of pyridine rings is 1. The first-order valence-corrected chi connectivity index (χ1v) is 6.75. The first-order valence-electron chi connectivity index (χ1n) is 6.75. The highest BCUT2D eigenvalue weighted by atomic mass is 16.5. The summed E-state index contributed by atoms with van der Waals surface area (Å²) in [5.41, 5.74) is 1.33. The minimum Gasteiger partial charge on any atom is -0.493 e. The van der Waals surface area contributed by atoms with Crippen LogP contribution in [0.2, 0.25) is 0 Å². The Morgan fingerprint density at radius 3 is 2.82 bits per heavy atom. The molecule has 0 saturated heterocycles. The van der Waals surface area contributed by atoms with Crippen molar-refractivity contribution in [2.24, 2.45) is 0 Å². The number of para-hydroxylation sites is 2. The zero-order valence-corrected chi connectivity index (χ0v) is 12.0. The van der Waals surface area contributed by atoms with Crippen LogP contribution in [-0.2, 0) is 4.79 Å². The predicted molar refractivity (Wildman–Crippen MR) is 82.3 cm³/mol. The molecule has 0 radical (unpaired) electrons. The van der Waals surface area contributed by atoms with Crippen molar-refractivity contribution in [3.8, 4) is 11.5 Å². The SMILES string of the molecule is COc1ccccc1OCC(=O)Nc1cccn2ccnc12. The Kier molecular flexibility index (Phi) is 3.91. The summed E-state index contributed by atoms with van der Waals surface area (Å²) in [7, 11) is 1.56. The van der Waals surface area contributed by atoms with Gasteiger partial charge in [-0.3, -0.25) is 4.79 Å². The highest BCUT2D eigenvalue weighted by Gasteiger charge is 2.09. The zero-order chi connectivity index (χ0) is 15.4. The van der Waals surface area contributed by atoms with E-state index in [1.54, 1.807) is 31.5 Å². The van der Waals surface area contributed by atoms with Gasteiger partial charge in [-0.2, -0.15) is 0 Å². The van der Waals surface area contributed by atoms with E-state index < -0.39 is 0 Å². The molecule has 2 heterocycles. The first kappa shape index (κ1) is 13.9. The topological polar surface area (TPSA) is 64.9 Å². The van der Waals surface area contributed by atoms with Crippen LogP contribution in [0.25, 0.3) is 5.65 Å². The lowest BCUT2D eigenvalue weighted by atomic mass is 10.3. The monoisotopic (exact) mass is 297 g/mol. The maximum absolute atomic E-state index is 12.0. The van der Waals surface area contributed by atoms with Crippen molar-refractivity contribution < 1.29 is 14.3 Å². The molecule has 0 aliphatic rings. The van der Waals surface area contributed by atoms with Crippen molar-refractivity contribution in [3.05, 3.63) is 55.0 Å². The van der Waals surface area contributed by atoms with Crippen LogP contribution in [0, 0.1) is 0 Å². The lowest BCUT2D eigenvalue weighted by molar-refractivity contribution is -0.118. The third kappa shape index (κ3) is 2.85. The van der Waals surface area contributed by atoms with Gasteiger partial charge in [-0.15, -0.1) is 0 Å². The number of ether oxygens (including phenoxy) is 2. The molecule has 0 atom stereocenters. The van der Waals surface area contributed by atoms with Crippen LogP contribution < -0.4 is 14.8 Å². The summed E-state index contributed by atoms with van der Waals surface area (Å²) < 4.78 is 12.5. The Morgan fingerprint density at radius 1 is 1.18 bits per heavy atom. The summed E-state index contributed by atoms with van der Waals surface area (Å²) >= 11 is 0. The van der Waals surface area contributed by atoms with Gasteiger partial charge < -0.3 is 19.2 Å². The summed E-state index contributed by atoms with van der Waals surface area (Å²) in [6.45, 7) is -0.109. The zero-order valence-electron chi connectivity index (χ0n) is 12.0. The molecular weight excluding hydrogens is 282 g/mol. The van der Waals surface area contributed by atoms with E-state index in [0.29, 0.717) is 22.8 Å². The Balaban J connectivity index is 1.67. The quantitative estimate of drug-likeness (QED) is 0.785. The molecule has 6 heteroatoms. The number of carbonyl (C=O) groups excluding carboxylic acids is 1. The molecule has 1 amide bonds. The largest absolute Gasteiger partial charge is 0.493 e. The summed E-state index contributed by atoms with van der Waals surface area (Å²) in [6, 6.07) is 10.8. The standard InChI is InChI=1S/C16H15N3O3/c1-21-13-6-2-3-7-14(13)22-11-15(20)18-12-5-4-9-19-10-8-17-16(12)19/h2-10H,11H2,1H3,(H,18,20). The van der Waals surface area contributed by atoms with E-state index in [4.69, 9.17) is 9.47 Å². The molecule has 2 aromatic heterocycles. The molecule has 0 bridgehead atoms. The number of rotatable bonds is 5. The Bertz CT molecular complexity index is 798. The number of benzene rings is 1. The van der Waals surface area contributed by atoms with E-state index in [9.17, 15) is 4.79 Å². The molecule has 0 fully saturated rings. The lowest BCUT2D eigenvalue weighted by Gasteiger charge is -2.10. The second-order valence-electron chi connectivity index (χ2n) is 4.57. The average Bonchev–Trinajstić information content (AvgIpc) is 3.03. The number of nitrogens with zero attached hydrogens (tertiary/aromatic N) is 2. The Hall–Kier alpha value is -3.02. The Labute approximate surface area is 127 Å². The second-order valence-corrected chi connectivity index (χ2v) is 4.57. The normalized spacial score (nSPS) is 10.4. The van der Waals surface area contributed by atoms with Gasteiger partial charge in [-0.1, -0.05) is 12.1 Å². The summed E-state index contributed by atoms with van der Waals surface area (Å²) in [5.74, 6) is 0.854. The van der Waals surface area contributed by atoms with Crippen LogP contribution in [0.15, 0.2) is 55.0 Å². The van der Waals surface area contributed by atoms with Gasteiger partial charge >= 0.3 is 0 Å². The molecule has 0 spiro atoms. The number of nitrogens with one attached hydrogen (secondary N) is 1. The molecule has 0 saturated carbocycles. The molecule has 112 valence electrons. The van der Waals surface area contributed by atoms with Gasteiger partial charge in [0.2, 0.25) is 0 Å². The fraction of sp³-hybridized carbons (Fsp3) is 0.125. The minimum absolute atomic E-state index is 0.109. The van der Waals surface area contributed by atoms with Gasteiger partial charge in [0.15, 0.2) is 23.8 Å². The van der Waals surface area contributed by atoms with Crippen LogP contribution in [0.4, 0.5) is 5.69 Å². The van der Waals surface area contributed by atoms with E-state index in [-0.39, 0.29) is 12.5 Å². The molecule has 1 N–H and O–H groups in total. The van der Waals surface area contributed by atoms with Crippen LogP contribution in [0.3, 0.4) is 0 Å². The summed E-state index contributed by atoms with van der Waals surface area (Å²) in [6.07, 6.45) is 5.36. The average molecular weight is 297 g/mol. The van der Waals surface area contributed by atoms with Crippen LogP contribution >= 0.6 is 0 Å². The number of methoxy groups -OCH3 is 1. The van der Waals surface area contributed by atoms with Gasteiger partial charge in [0.1, 0.15) is 0 Å². The summed E-state index contributed by atoms with van der Waals surface area (Å²) in [5, 5.41) is 2.79. The predicted octanol–water partition coefficient (Wildman–Crippen LogP) is 2.36. The van der Waals surface area contributed by atoms with E-state index in [2.05, 4.69) is 10.3 Å². The molecule has 0 unspecified atom stereocenters. The molecule has 1 aromatic carbocycles. The molecular formula is C16H15N3O3. The number of imidazole rings is 1.